The number of benzene rings is 1. The summed E-state index contributed by atoms with van der Waals surface area (Å²) in [4.78, 5) is 11.7. The highest BCUT2D eigenvalue weighted by molar-refractivity contribution is 6.31. The number of hydrogen-bond acceptors (Lipinski definition) is 4. The van der Waals surface area contributed by atoms with Crippen LogP contribution in [0.2, 0.25) is 5.02 Å². The second-order valence-corrected chi connectivity index (χ2v) is 8.36. The van der Waals surface area contributed by atoms with Crippen LogP contribution in [0.15, 0.2) is 48.0 Å². The van der Waals surface area contributed by atoms with Crippen molar-refractivity contribution in [1.29, 1.82) is 0 Å². The fraction of sp³-hybridized carbons (Fsp3) is 0.409. The molecule has 1 aromatic carbocycles. The lowest BCUT2D eigenvalue weighted by molar-refractivity contribution is -0.242. The van der Waals surface area contributed by atoms with E-state index in [0.717, 1.165) is 32.3 Å². The van der Waals surface area contributed by atoms with Crippen LogP contribution in [0.4, 0.5) is 22.0 Å². The molecule has 0 aromatic heterocycles. The Bertz CT molecular complexity index is 1020. The van der Waals surface area contributed by atoms with E-state index >= 15 is 0 Å². The zero-order valence-corrected chi connectivity index (χ0v) is 18.7. The molecule has 1 aliphatic heterocycles. The number of halogens is 6. The Labute approximate surface area is 192 Å². The first-order valence-corrected chi connectivity index (χ1v) is 10.2. The normalized spacial score (nSPS) is 23.0. The van der Waals surface area contributed by atoms with Crippen LogP contribution in [0.25, 0.3) is 0 Å². The predicted molar refractivity (Wildman–Crippen MR) is 112 cm³/mol. The molecular formula is C22H22ClF5N2O3. The van der Waals surface area contributed by atoms with Gasteiger partial charge in [-0.1, -0.05) is 23.7 Å². The number of allylic oxidation sites excluding steroid dienone is 2. The van der Waals surface area contributed by atoms with E-state index < -0.39 is 58.8 Å². The molecule has 2 aliphatic rings. The number of carbonyl (C=O) groups excluding carboxylic acids is 1. The average Bonchev–Trinajstić information content (AvgIpc) is 2.73. The van der Waals surface area contributed by atoms with Gasteiger partial charge in [0.1, 0.15) is 11.2 Å². The molecule has 0 fully saturated rings. The minimum atomic E-state index is -4.83. The summed E-state index contributed by atoms with van der Waals surface area (Å²) in [6.45, 7) is 0.0998. The first-order chi connectivity index (χ1) is 15.4. The molecule has 33 heavy (non-hydrogen) atoms. The maximum absolute atomic E-state index is 14.7. The van der Waals surface area contributed by atoms with Gasteiger partial charge in [-0.15, -0.1) is 0 Å². The van der Waals surface area contributed by atoms with Crippen molar-refractivity contribution in [2.75, 3.05) is 20.8 Å². The largest absolute Gasteiger partial charge is 0.494 e. The minimum Gasteiger partial charge on any atom is -0.494 e. The van der Waals surface area contributed by atoms with Gasteiger partial charge in [0.25, 0.3) is 0 Å². The van der Waals surface area contributed by atoms with E-state index in [9.17, 15) is 26.7 Å². The number of methoxy groups -OCH3 is 2. The number of carbonyl (C=O) groups is 1. The molecule has 3 rings (SSSR count). The monoisotopic (exact) mass is 492 g/mol. The van der Waals surface area contributed by atoms with Crippen LogP contribution in [0, 0.1) is 17.2 Å². The molecular weight excluding hydrogens is 471 g/mol. The first kappa shape index (κ1) is 25.0. The van der Waals surface area contributed by atoms with Crippen molar-refractivity contribution in [2.45, 2.75) is 25.2 Å². The average molecular weight is 493 g/mol. The van der Waals surface area contributed by atoms with E-state index in [0.29, 0.717) is 0 Å². The Hall–Kier alpha value is -2.59. The summed E-state index contributed by atoms with van der Waals surface area (Å²) in [6, 6.07) is -0.117. The third kappa shape index (κ3) is 4.72. The Morgan fingerprint density at radius 2 is 1.94 bits per heavy atom. The molecule has 2 N–H and O–H groups in total. The predicted octanol–water partition coefficient (Wildman–Crippen LogP) is 4.76. The summed E-state index contributed by atoms with van der Waals surface area (Å²) in [5, 5.41) is 4.71. The number of ether oxygens (including phenoxy) is 2. The summed E-state index contributed by atoms with van der Waals surface area (Å²) in [5.41, 5.74) is -2.77. The van der Waals surface area contributed by atoms with Gasteiger partial charge in [-0.25, -0.2) is 8.78 Å². The van der Waals surface area contributed by atoms with Crippen LogP contribution in [-0.4, -0.2) is 39.0 Å². The topological polar surface area (TPSA) is 59.6 Å². The van der Waals surface area contributed by atoms with Crippen molar-refractivity contribution in [2.24, 2.45) is 11.3 Å². The third-order valence-electron chi connectivity index (χ3n) is 5.79. The molecule has 11 heteroatoms. The zero-order valence-electron chi connectivity index (χ0n) is 17.9. The van der Waals surface area contributed by atoms with Gasteiger partial charge < -0.3 is 20.1 Å². The Balaban J connectivity index is 2.16. The molecule has 1 aromatic rings. The highest BCUT2D eigenvalue weighted by Gasteiger charge is 2.57. The van der Waals surface area contributed by atoms with Crippen molar-refractivity contribution < 1.29 is 36.2 Å². The van der Waals surface area contributed by atoms with Crippen molar-refractivity contribution in [3.05, 3.63) is 64.4 Å². The van der Waals surface area contributed by atoms with Crippen LogP contribution in [0.1, 0.15) is 18.5 Å². The maximum atomic E-state index is 14.7. The number of nitrogens with one attached hydrogen (secondary N) is 2. The molecule has 2 unspecified atom stereocenters. The fourth-order valence-corrected chi connectivity index (χ4v) is 4.23. The van der Waals surface area contributed by atoms with Crippen LogP contribution >= 0.6 is 11.6 Å². The molecule has 0 radical (unpaired) electrons. The summed E-state index contributed by atoms with van der Waals surface area (Å²) in [5.74, 6) is -3.16. The van der Waals surface area contributed by atoms with E-state index in [1.165, 1.54) is 25.3 Å². The number of alkyl halides is 3. The maximum Gasteiger partial charge on any atom is 0.398 e. The molecule has 4 atom stereocenters. The lowest BCUT2D eigenvalue weighted by Crippen LogP contribution is -2.51. The molecule has 0 saturated heterocycles. The van der Waals surface area contributed by atoms with Gasteiger partial charge >= 0.3 is 6.18 Å². The summed E-state index contributed by atoms with van der Waals surface area (Å²) >= 11 is 6.15. The number of rotatable bonds is 7. The van der Waals surface area contributed by atoms with Crippen molar-refractivity contribution >= 4 is 17.5 Å². The lowest BCUT2D eigenvalue weighted by atomic mass is 9.77. The number of hydrogen-bond donors (Lipinski definition) is 2. The van der Waals surface area contributed by atoms with Gasteiger partial charge in [-0.2, -0.15) is 13.2 Å². The number of amides is 1. The van der Waals surface area contributed by atoms with Gasteiger partial charge in [0.05, 0.1) is 30.8 Å². The van der Waals surface area contributed by atoms with Crippen molar-refractivity contribution in [3.63, 3.8) is 0 Å². The van der Waals surface area contributed by atoms with Crippen molar-refractivity contribution in [1.82, 2.24) is 10.6 Å². The van der Waals surface area contributed by atoms with E-state index in [1.807, 2.05) is 0 Å². The Kier molecular flexibility index (Phi) is 7.09. The van der Waals surface area contributed by atoms with Crippen molar-refractivity contribution in [3.8, 4) is 5.75 Å². The highest BCUT2D eigenvalue weighted by atomic mass is 35.5. The number of fused-ring (bicyclic) bond motifs is 1. The van der Waals surface area contributed by atoms with Crippen LogP contribution in [-0.2, 0) is 9.53 Å². The second-order valence-electron chi connectivity index (χ2n) is 7.98. The molecule has 1 aliphatic carbocycles. The molecule has 5 nitrogen and oxygen atoms in total. The summed E-state index contributed by atoms with van der Waals surface area (Å²) < 4.78 is 81.9. The summed E-state index contributed by atoms with van der Waals surface area (Å²) in [7, 11) is 2.30. The lowest BCUT2D eigenvalue weighted by Gasteiger charge is -2.42. The van der Waals surface area contributed by atoms with E-state index in [2.05, 4.69) is 10.6 Å². The summed E-state index contributed by atoms with van der Waals surface area (Å²) in [6.07, 6.45) is 0.0263. The van der Waals surface area contributed by atoms with Gasteiger partial charge in [0.15, 0.2) is 11.6 Å². The van der Waals surface area contributed by atoms with Crippen LogP contribution in [0.3, 0.4) is 0 Å². The molecule has 1 heterocycles. The smallest absolute Gasteiger partial charge is 0.398 e. The van der Waals surface area contributed by atoms with Crippen LogP contribution < -0.4 is 15.4 Å². The van der Waals surface area contributed by atoms with Gasteiger partial charge in [-0.05, 0) is 36.8 Å². The minimum absolute atomic E-state index is 0.0557. The molecule has 1 amide bonds. The first-order valence-electron chi connectivity index (χ1n) is 9.84. The molecule has 0 bridgehead atoms. The second kappa shape index (κ2) is 9.34. The van der Waals surface area contributed by atoms with E-state index in [4.69, 9.17) is 21.1 Å². The Morgan fingerprint density at radius 1 is 1.24 bits per heavy atom. The van der Waals surface area contributed by atoms with Gasteiger partial charge in [0, 0.05) is 18.7 Å². The van der Waals surface area contributed by atoms with E-state index in [-0.39, 0.29) is 17.0 Å². The standard InChI is InChI=1S/C22H22ClF5N2O3/c1-21(10-32-2,22(26,27)28)20(13-4-6-16(33-3)19(25)18(13)23)30-15-9-11(24)8-14-12(15)5-7-17(31)29-14/h4-9,12,14,20,30H,10H2,1-3H3,(H,29,31)/t12?,14?,20-,21-/m0/s1. The molecule has 180 valence electrons. The van der Waals surface area contributed by atoms with Gasteiger partial charge in [0.2, 0.25) is 5.91 Å². The third-order valence-corrected chi connectivity index (χ3v) is 6.17. The highest BCUT2D eigenvalue weighted by Crippen LogP contribution is 2.50. The zero-order chi connectivity index (χ0) is 24.6. The van der Waals surface area contributed by atoms with E-state index in [1.54, 1.807) is 0 Å². The SMILES string of the molecule is COC[C@@](C)([C@@H](NC1=CC(F)=CC2NC(=O)C=CC12)c1ccc(OC)c(F)c1Cl)C(F)(F)F. The Morgan fingerprint density at radius 3 is 2.55 bits per heavy atom. The molecule has 0 saturated carbocycles. The van der Waals surface area contributed by atoms with Gasteiger partial charge in [-0.3, -0.25) is 4.79 Å². The fourth-order valence-electron chi connectivity index (χ4n) is 3.96. The van der Waals surface area contributed by atoms with Crippen LogP contribution in [0.5, 0.6) is 5.75 Å². The quantitative estimate of drug-likeness (QED) is 0.539. The molecule has 0 spiro atoms.